The number of aromatic nitrogens is 2. The van der Waals surface area contributed by atoms with Crippen LogP contribution in [0.2, 0.25) is 0 Å². The molecule has 31 heavy (non-hydrogen) atoms. The van der Waals surface area contributed by atoms with Gasteiger partial charge in [-0.3, -0.25) is 0 Å². The molecule has 0 N–H and O–H groups in total. The van der Waals surface area contributed by atoms with Crippen LogP contribution in [-0.2, 0) is 10.0 Å². The number of benzene rings is 2. The SMILES string of the molecule is Cc1ccc(F)c(S(=O)(=O)N2CCC3(CC2)CC3c2nnc(-c3cccc(F)c3)o2)c1. The second-order valence-corrected chi connectivity index (χ2v) is 10.3. The number of aryl methyl sites for hydroxylation is 1. The number of sulfonamides is 1. The maximum Gasteiger partial charge on any atom is 0.247 e. The first kappa shape index (κ1) is 20.3. The van der Waals surface area contributed by atoms with Gasteiger partial charge in [0, 0.05) is 24.6 Å². The molecular formula is C22H21F2N3O3S. The summed E-state index contributed by atoms with van der Waals surface area (Å²) in [6.45, 7) is 2.37. The third kappa shape index (κ3) is 3.55. The normalized spacial score (nSPS) is 20.8. The van der Waals surface area contributed by atoms with Crippen molar-refractivity contribution in [2.24, 2.45) is 5.41 Å². The van der Waals surface area contributed by atoms with Crippen molar-refractivity contribution in [1.29, 1.82) is 0 Å². The summed E-state index contributed by atoms with van der Waals surface area (Å²) in [7, 11) is -3.88. The number of halogens is 2. The summed E-state index contributed by atoms with van der Waals surface area (Å²) < 4.78 is 60.7. The zero-order chi connectivity index (χ0) is 21.8. The molecule has 1 atom stereocenters. The molecule has 1 aliphatic heterocycles. The Morgan fingerprint density at radius 1 is 1.10 bits per heavy atom. The van der Waals surface area contributed by atoms with Crippen molar-refractivity contribution in [1.82, 2.24) is 14.5 Å². The van der Waals surface area contributed by atoms with E-state index in [9.17, 15) is 17.2 Å². The lowest BCUT2D eigenvalue weighted by atomic mass is 9.92. The Morgan fingerprint density at radius 2 is 1.87 bits per heavy atom. The molecular weight excluding hydrogens is 424 g/mol. The molecule has 1 saturated carbocycles. The molecule has 1 unspecified atom stereocenters. The molecule has 5 rings (SSSR count). The lowest BCUT2D eigenvalue weighted by Gasteiger charge is -2.32. The van der Waals surface area contributed by atoms with E-state index in [1.54, 1.807) is 25.1 Å². The minimum atomic E-state index is -3.88. The van der Waals surface area contributed by atoms with E-state index < -0.39 is 15.8 Å². The van der Waals surface area contributed by atoms with E-state index in [-0.39, 0.29) is 27.9 Å². The van der Waals surface area contributed by atoms with Crippen LogP contribution in [-0.4, -0.2) is 36.0 Å². The number of hydrogen-bond donors (Lipinski definition) is 0. The molecule has 162 valence electrons. The summed E-state index contributed by atoms with van der Waals surface area (Å²) in [6, 6.07) is 10.1. The molecule has 1 saturated heterocycles. The maximum atomic E-state index is 14.2. The predicted molar refractivity (Wildman–Crippen MR) is 109 cm³/mol. The molecule has 2 fully saturated rings. The summed E-state index contributed by atoms with van der Waals surface area (Å²) in [4.78, 5) is -0.271. The third-order valence-electron chi connectivity index (χ3n) is 6.42. The average Bonchev–Trinajstić information content (AvgIpc) is 3.21. The lowest BCUT2D eigenvalue weighted by molar-refractivity contribution is 0.245. The standard InChI is InChI=1S/C22H21F2N3O3S/c1-14-5-6-18(24)19(11-14)31(28,29)27-9-7-22(8-10-27)13-17(22)21-26-25-20(30-21)15-3-2-4-16(23)12-15/h2-6,11-12,17H,7-10,13H2,1H3. The molecule has 0 bridgehead atoms. The van der Waals surface area contributed by atoms with Crippen molar-refractivity contribution < 1.29 is 21.6 Å². The van der Waals surface area contributed by atoms with Gasteiger partial charge in [0.15, 0.2) is 0 Å². The number of piperidine rings is 1. The van der Waals surface area contributed by atoms with Crippen molar-refractivity contribution in [2.75, 3.05) is 13.1 Å². The molecule has 2 heterocycles. The average molecular weight is 445 g/mol. The van der Waals surface area contributed by atoms with Crippen molar-refractivity contribution >= 4 is 10.0 Å². The molecule has 9 heteroatoms. The van der Waals surface area contributed by atoms with Gasteiger partial charge in [0.05, 0.1) is 0 Å². The molecule has 1 aromatic heterocycles. The zero-order valence-electron chi connectivity index (χ0n) is 16.9. The largest absolute Gasteiger partial charge is 0.420 e. The minimum Gasteiger partial charge on any atom is -0.420 e. The monoisotopic (exact) mass is 445 g/mol. The van der Waals surface area contributed by atoms with Crippen molar-refractivity contribution in [2.45, 2.75) is 37.0 Å². The van der Waals surface area contributed by atoms with E-state index in [0.29, 0.717) is 42.9 Å². The van der Waals surface area contributed by atoms with Crippen LogP contribution in [0.5, 0.6) is 0 Å². The quantitative estimate of drug-likeness (QED) is 0.599. The second-order valence-electron chi connectivity index (χ2n) is 8.41. The van der Waals surface area contributed by atoms with Crippen molar-refractivity contribution in [3.63, 3.8) is 0 Å². The van der Waals surface area contributed by atoms with E-state index >= 15 is 0 Å². The Hall–Kier alpha value is -2.65. The van der Waals surface area contributed by atoms with Crippen LogP contribution in [0.25, 0.3) is 11.5 Å². The summed E-state index contributed by atoms with van der Waals surface area (Å²) in [5, 5.41) is 8.20. The van der Waals surface area contributed by atoms with Gasteiger partial charge in [-0.15, -0.1) is 10.2 Å². The number of rotatable bonds is 4. The Labute approximate surface area is 179 Å². The van der Waals surface area contributed by atoms with Crippen LogP contribution in [0, 0.1) is 24.0 Å². The Balaban J connectivity index is 1.29. The number of hydrogen-bond acceptors (Lipinski definition) is 5. The van der Waals surface area contributed by atoms with Gasteiger partial charge in [-0.25, -0.2) is 17.2 Å². The van der Waals surface area contributed by atoms with E-state index in [0.717, 1.165) is 6.42 Å². The summed E-state index contributed by atoms with van der Waals surface area (Å²) in [6.07, 6.45) is 2.12. The van der Waals surface area contributed by atoms with Gasteiger partial charge in [-0.1, -0.05) is 12.1 Å². The molecule has 1 spiro atoms. The highest BCUT2D eigenvalue weighted by Crippen LogP contribution is 2.64. The van der Waals surface area contributed by atoms with Gasteiger partial charge in [0.2, 0.25) is 21.8 Å². The van der Waals surface area contributed by atoms with Gasteiger partial charge < -0.3 is 4.42 Å². The fourth-order valence-corrected chi connectivity index (χ4v) is 6.07. The van der Waals surface area contributed by atoms with E-state index in [4.69, 9.17) is 4.42 Å². The summed E-state index contributed by atoms with van der Waals surface area (Å²) in [5.41, 5.74) is 1.14. The Bertz CT molecular complexity index is 1250. The van der Waals surface area contributed by atoms with E-state index in [2.05, 4.69) is 10.2 Å². The molecule has 3 aromatic rings. The molecule has 6 nitrogen and oxygen atoms in total. The number of nitrogens with zero attached hydrogens (tertiary/aromatic N) is 3. The van der Waals surface area contributed by atoms with E-state index in [1.807, 2.05) is 0 Å². The van der Waals surface area contributed by atoms with Crippen LogP contribution < -0.4 is 0 Å². The lowest BCUT2D eigenvalue weighted by Crippen LogP contribution is -2.39. The van der Waals surface area contributed by atoms with Crippen molar-refractivity contribution in [3.8, 4) is 11.5 Å². The van der Waals surface area contributed by atoms with Crippen LogP contribution in [0.1, 0.15) is 36.6 Å². The fourth-order valence-electron chi connectivity index (χ4n) is 4.48. The van der Waals surface area contributed by atoms with Crippen LogP contribution in [0.4, 0.5) is 8.78 Å². The van der Waals surface area contributed by atoms with Crippen LogP contribution >= 0.6 is 0 Å². The van der Waals surface area contributed by atoms with Crippen molar-refractivity contribution in [3.05, 3.63) is 65.6 Å². The molecule has 2 aliphatic rings. The molecule has 1 aliphatic carbocycles. The topological polar surface area (TPSA) is 76.3 Å². The van der Waals surface area contributed by atoms with Gasteiger partial charge in [-0.05, 0) is 67.5 Å². The smallest absolute Gasteiger partial charge is 0.247 e. The van der Waals surface area contributed by atoms with Gasteiger partial charge in [0.25, 0.3) is 0 Å². The minimum absolute atomic E-state index is 0.0582. The fraction of sp³-hybridized carbons (Fsp3) is 0.364. The maximum absolute atomic E-state index is 14.2. The first-order valence-electron chi connectivity index (χ1n) is 10.1. The highest BCUT2D eigenvalue weighted by molar-refractivity contribution is 7.89. The zero-order valence-corrected chi connectivity index (χ0v) is 17.7. The summed E-state index contributed by atoms with van der Waals surface area (Å²) >= 11 is 0. The van der Waals surface area contributed by atoms with E-state index in [1.165, 1.54) is 28.6 Å². The molecule has 0 radical (unpaired) electrons. The Kier molecular flexibility index (Phi) is 4.71. The molecule has 0 amide bonds. The first-order valence-corrected chi connectivity index (χ1v) is 11.6. The van der Waals surface area contributed by atoms with Crippen LogP contribution in [0.3, 0.4) is 0 Å². The van der Waals surface area contributed by atoms with Gasteiger partial charge >= 0.3 is 0 Å². The van der Waals surface area contributed by atoms with Gasteiger partial charge in [-0.2, -0.15) is 4.31 Å². The third-order valence-corrected chi connectivity index (χ3v) is 8.34. The highest BCUT2D eigenvalue weighted by Gasteiger charge is 2.59. The second kappa shape index (κ2) is 7.20. The molecule has 2 aromatic carbocycles. The first-order chi connectivity index (χ1) is 14.8. The Morgan fingerprint density at radius 3 is 2.61 bits per heavy atom. The predicted octanol–water partition coefficient (Wildman–Crippen LogP) is 4.28. The van der Waals surface area contributed by atoms with Crippen LogP contribution in [0.15, 0.2) is 51.8 Å². The van der Waals surface area contributed by atoms with Gasteiger partial charge in [0.1, 0.15) is 16.5 Å². The highest BCUT2D eigenvalue weighted by atomic mass is 32.2. The summed E-state index contributed by atoms with van der Waals surface area (Å²) in [5.74, 6) is -0.278.